The molecule has 156 valence electrons. The molecule has 2 aromatic rings. The van der Waals surface area contributed by atoms with Gasteiger partial charge in [-0.3, -0.25) is 4.79 Å². The smallest absolute Gasteiger partial charge is 0.219 e. The molecule has 0 aliphatic heterocycles. The van der Waals surface area contributed by atoms with E-state index in [1.165, 1.54) is 0 Å². The number of hydrogen-bond acceptors (Lipinski definition) is 7. The van der Waals surface area contributed by atoms with Crippen molar-refractivity contribution in [3.05, 3.63) is 41.5 Å². The highest BCUT2D eigenvalue weighted by Gasteiger charge is 2.17. The van der Waals surface area contributed by atoms with Crippen molar-refractivity contribution in [2.75, 3.05) is 34.5 Å². The average molecular weight is 426 g/mol. The number of ether oxygens (including phenoxy) is 5. The fraction of sp³-hybridized carbons (Fsp3) is 0.261. The first-order valence-electron chi connectivity index (χ1n) is 8.79. The molecule has 30 heavy (non-hydrogen) atoms. The number of thioether (sulfide) groups is 1. The van der Waals surface area contributed by atoms with Gasteiger partial charge in [-0.1, -0.05) is 23.6 Å². The van der Waals surface area contributed by atoms with Crippen LogP contribution in [-0.2, 0) is 5.75 Å². The predicted octanol–water partition coefficient (Wildman–Crippen LogP) is 3.81. The molecule has 0 fully saturated rings. The second-order valence-corrected chi connectivity index (χ2v) is 6.71. The van der Waals surface area contributed by atoms with Crippen LogP contribution in [0.3, 0.4) is 0 Å². The largest absolute Gasteiger partial charge is 0.496 e. The number of terminal acetylenes is 2. The molecule has 0 spiro atoms. The lowest BCUT2D eigenvalue weighted by Gasteiger charge is -2.15. The summed E-state index contributed by atoms with van der Waals surface area (Å²) in [4.78, 5) is 12.9. The zero-order valence-electron chi connectivity index (χ0n) is 17.0. The van der Waals surface area contributed by atoms with Crippen molar-refractivity contribution < 1.29 is 28.5 Å². The van der Waals surface area contributed by atoms with E-state index in [-0.39, 0.29) is 18.3 Å². The van der Waals surface area contributed by atoms with Gasteiger partial charge in [0, 0.05) is 35.1 Å². The third-order valence-electron chi connectivity index (χ3n) is 3.92. The van der Waals surface area contributed by atoms with Crippen LogP contribution in [0.25, 0.3) is 0 Å². The number of benzene rings is 2. The SMILES string of the molecule is C#CCOc1cc(OCC#C)cc(C(=O)SCc2c(OC)cc(OC)cc2OC)c1. The van der Waals surface area contributed by atoms with E-state index in [0.717, 1.165) is 17.3 Å². The van der Waals surface area contributed by atoms with E-state index < -0.39 is 0 Å². The lowest BCUT2D eigenvalue weighted by atomic mass is 10.2. The zero-order valence-corrected chi connectivity index (χ0v) is 17.8. The molecular weight excluding hydrogens is 404 g/mol. The van der Waals surface area contributed by atoms with Crippen molar-refractivity contribution in [1.82, 2.24) is 0 Å². The maximum atomic E-state index is 12.9. The van der Waals surface area contributed by atoms with E-state index in [1.54, 1.807) is 51.7 Å². The Kier molecular flexibility index (Phi) is 8.80. The summed E-state index contributed by atoms with van der Waals surface area (Å²) in [5, 5.41) is -0.188. The second-order valence-electron chi connectivity index (χ2n) is 5.77. The van der Waals surface area contributed by atoms with Crippen LogP contribution >= 0.6 is 11.8 Å². The Morgan fingerprint density at radius 3 is 1.80 bits per heavy atom. The predicted molar refractivity (Wildman–Crippen MR) is 117 cm³/mol. The Morgan fingerprint density at radius 2 is 1.37 bits per heavy atom. The monoisotopic (exact) mass is 426 g/mol. The first-order chi connectivity index (χ1) is 14.6. The fourth-order valence-electron chi connectivity index (χ4n) is 2.55. The lowest BCUT2D eigenvalue weighted by Crippen LogP contribution is -2.02. The minimum Gasteiger partial charge on any atom is -0.496 e. The molecule has 0 saturated carbocycles. The quantitative estimate of drug-likeness (QED) is 0.535. The van der Waals surface area contributed by atoms with Gasteiger partial charge in [0.2, 0.25) is 5.12 Å². The maximum absolute atomic E-state index is 12.9. The summed E-state index contributed by atoms with van der Waals surface area (Å²) in [5.41, 5.74) is 1.13. The minimum atomic E-state index is -0.188. The summed E-state index contributed by atoms with van der Waals surface area (Å²) in [6.45, 7) is 0.138. The molecule has 0 heterocycles. The summed E-state index contributed by atoms with van der Waals surface area (Å²) < 4.78 is 27.0. The molecule has 0 N–H and O–H groups in total. The molecule has 2 aromatic carbocycles. The summed E-state index contributed by atoms with van der Waals surface area (Å²) in [6.07, 6.45) is 10.5. The second kappa shape index (κ2) is 11.5. The van der Waals surface area contributed by atoms with E-state index in [1.807, 2.05) is 0 Å². The molecular formula is C23H22O6S. The molecule has 0 atom stereocenters. The van der Waals surface area contributed by atoms with Gasteiger partial charge in [-0.25, -0.2) is 0 Å². The molecule has 0 amide bonds. The molecule has 0 aliphatic rings. The highest BCUT2D eigenvalue weighted by molar-refractivity contribution is 8.13. The van der Waals surface area contributed by atoms with Crippen molar-refractivity contribution in [2.24, 2.45) is 0 Å². The third-order valence-corrected chi connectivity index (χ3v) is 4.86. The first kappa shape index (κ1) is 22.9. The molecule has 0 radical (unpaired) electrons. The van der Waals surface area contributed by atoms with Gasteiger partial charge in [0.25, 0.3) is 0 Å². The molecule has 0 unspecified atom stereocenters. The Labute approximate surface area is 180 Å². The van der Waals surface area contributed by atoms with Crippen LogP contribution in [0.2, 0.25) is 0 Å². The van der Waals surface area contributed by atoms with Gasteiger partial charge in [-0.15, -0.1) is 12.8 Å². The first-order valence-corrected chi connectivity index (χ1v) is 9.78. The third kappa shape index (κ3) is 6.04. The molecule has 6 nitrogen and oxygen atoms in total. The van der Waals surface area contributed by atoms with Crippen LogP contribution in [0.15, 0.2) is 30.3 Å². The average Bonchev–Trinajstić information content (AvgIpc) is 2.78. The van der Waals surface area contributed by atoms with Crippen LogP contribution in [0.5, 0.6) is 28.7 Å². The van der Waals surface area contributed by atoms with E-state index >= 15 is 0 Å². The van der Waals surface area contributed by atoms with Gasteiger partial charge < -0.3 is 23.7 Å². The van der Waals surface area contributed by atoms with Gasteiger partial charge in [-0.05, 0) is 12.1 Å². The Morgan fingerprint density at radius 1 is 0.833 bits per heavy atom. The van der Waals surface area contributed by atoms with Gasteiger partial charge >= 0.3 is 0 Å². The fourth-order valence-corrected chi connectivity index (χ4v) is 3.39. The van der Waals surface area contributed by atoms with Crippen LogP contribution in [0.1, 0.15) is 15.9 Å². The van der Waals surface area contributed by atoms with Gasteiger partial charge in [0.15, 0.2) is 0 Å². The number of carbonyl (C=O) groups excluding carboxylic acids is 1. The maximum Gasteiger partial charge on any atom is 0.219 e. The Bertz CT molecular complexity index is 909. The summed E-state index contributed by atoms with van der Waals surface area (Å²) in [7, 11) is 4.65. The van der Waals surface area contributed by atoms with Crippen molar-refractivity contribution in [1.29, 1.82) is 0 Å². The highest BCUT2D eigenvalue weighted by atomic mass is 32.2. The molecule has 0 saturated heterocycles. The summed E-state index contributed by atoms with van der Waals surface area (Å²) >= 11 is 1.09. The zero-order chi connectivity index (χ0) is 21.9. The van der Waals surface area contributed by atoms with Crippen LogP contribution in [-0.4, -0.2) is 39.7 Å². The van der Waals surface area contributed by atoms with Gasteiger partial charge in [0.05, 0.1) is 21.3 Å². The van der Waals surface area contributed by atoms with Crippen LogP contribution in [0.4, 0.5) is 0 Å². The molecule has 7 heteroatoms. The number of hydrogen-bond donors (Lipinski definition) is 0. The van der Waals surface area contributed by atoms with Crippen molar-refractivity contribution in [2.45, 2.75) is 5.75 Å². The molecule has 2 rings (SSSR count). The van der Waals surface area contributed by atoms with E-state index in [2.05, 4.69) is 11.8 Å². The molecule has 0 bridgehead atoms. The number of carbonyl (C=O) groups is 1. The Hall–Kier alpha value is -3.42. The lowest BCUT2D eigenvalue weighted by molar-refractivity contribution is 0.108. The highest BCUT2D eigenvalue weighted by Crippen LogP contribution is 2.37. The molecule has 0 aromatic heterocycles. The van der Waals surface area contributed by atoms with Crippen molar-refractivity contribution >= 4 is 16.9 Å². The van der Waals surface area contributed by atoms with Gasteiger partial charge in [0.1, 0.15) is 42.0 Å². The van der Waals surface area contributed by atoms with Crippen molar-refractivity contribution in [3.8, 4) is 53.4 Å². The Balaban J connectivity index is 2.25. The van der Waals surface area contributed by atoms with Gasteiger partial charge in [-0.2, -0.15) is 0 Å². The summed E-state index contributed by atoms with van der Waals surface area (Å²) in [5.74, 6) is 7.67. The van der Waals surface area contributed by atoms with Crippen molar-refractivity contribution in [3.63, 3.8) is 0 Å². The topological polar surface area (TPSA) is 63.2 Å². The normalized spacial score (nSPS) is 9.77. The van der Waals surface area contributed by atoms with Crippen LogP contribution < -0.4 is 23.7 Å². The summed E-state index contributed by atoms with van der Waals surface area (Å²) in [6, 6.07) is 8.33. The minimum absolute atomic E-state index is 0.0691. The van der Waals surface area contributed by atoms with E-state index in [9.17, 15) is 4.79 Å². The van der Waals surface area contributed by atoms with E-state index in [4.69, 9.17) is 36.5 Å². The molecule has 0 aliphatic carbocycles. The number of rotatable bonds is 10. The van der Waals surface area contributed by atoms with Crippen LogP contribution in [0, 0.1) is 24.7 Å². The van der Waals surface area contributed by atoms with E-state index in [0.29, 0.717) is 40.1 Å². The number of methoxy groups -OCH3 is 3. The standard InChI is InChI=1S/C23H22O6S/c1-6-8-28-18-10-16(11-19(12-18)29-9-7-2)23(24)30-15-20-21(26-4)13-17(25-3)14-22(20)27-5/h1-2,10-14H,8-9,15H2,3-5H3.